The monoisotopic (exact) mass is 371 g/mol. The van der Waals surface area contributed by atoms with Crippen molar-refractivity contribution in [1.29, 1.82) is 0 Å². The summed E-state index contributed by atoms with van der Waals surface area (Å²) in [5.41, 5.74) is 6.44. The van der Waals surface area contributed by atoms with Crippen LogP contribution in [0.25, 0.3) is 0 Å². The molecule has 0 saturated heterocycles. The molecule has 3 N–H and O–H groups in total. The van der Waals surface area contributed by atoms with Crippen molar-refractivity contribution in [3.05, 3.63) is 53.6 Å². The SMILES string of the molecule is COc1cc(OCc2ccccc2)c([C@@H](N)[C@@H](O)C(F)(F)F)cc1OC. The Morgan fingerprint density at radius 2 is 1.58 bits per heavy atom. The molecule has 0 fully saturated rings. The highest BCUT2D eigenvalue weighted by atomic mass is 19.4. The summed E-state index contributed by atoms with van der Waals surface area (Å²) in [6, 6.07) is 10.00. The van der Waals surface area contributed by atoms with Crippen LogP contribution in [0.2, 0.25) is 0 Å². The van der Waals surface area contributed by atoms with Gasteiger partial charge in [0.2, 0.25) is 0 Å². The van der Waals surface area contributed by atoms with Crippen LogP contribution in [0.3, 0.4) is 0 Å². The lowest BCUT2D eigenvalue weighted by molar-refractivity contribution is -0.210. The highest BCUT2D eigenvalue weighted by Gasteiger charge is 2.43. The number of methoxy groups -OCH3 is 2. The normalized spacial score (nSPS) is 13.8. The van der Waals surface area contributed by atoms with Crippen LogP contribution < -0.4 is 19.9 Å². The molecule has 142 valence electrons. The van der Waals surface area contributed by atoms with Gasteiger partial charge < -0.3 is 25.1 Å². The van der Waals surface area contributed by atoms with Gasteiger partial charge in [0.1, 0.15) is 12.4 Å². The van der Waals surface area contributed by atoms with Crippen LogP contribution in [-0.4, -0.2) is 31.6 Å². The van der Waals surface area contributed by atoms with E-state index < -0.39 is 18.3 Å². The minimum Gasteiger partial charge on any atom is -0.493 e. The molecule has 2 atom stereocenters. The first-order valence-electron chi connectivity index (χ1n) is 7.71. The molecule has 26 heavy (non-hydrogen) atoms. The Morgan fingerprint density at radius 1 is 1.00 bits per heavy atom. The molecule has 0 heterocycles. The van der Waals surface area contributed by atoms with Gasteiger partial charge in [0.25, 0.3) is 0 Å². The molecule has 0 radical (unpaired) electrons. The summed E-state index contributed by atoms with van der Waals surface area (Å²) in [6.45, 7) is 0.109. The zero-order valence-corrected chi connectivity index (χ0v) is 14.3. The third kappa shape index (κ3) is 4.59. The van der Waals surface area contributed by atoms with E-state index in [1.165, 1.54) is 26.4 Å². The van der Waals surface area contributed by atoms with Crippen LogP contribution >= 0.6 is 0 Å². The maximum absolute atomic E-state index is 12.9. The first-order valence-corrected chi connectivity index (χ1v) is 7.71. The van der Waals surface area contributed by atoms with Crippen molar-refractivity contribution in [1.82, 2.24) is 0 Å². The summed E-state index contributed by atoms with van der Waals surface area (Å²) in [7, 11) is 2.74. The van der Waals surface area contributed by atoms with Crippen molar-refractivity contribution >= 4 is 0 Å². The van der Waals surface area contributed by atoms with E-state index in [1.54, 1.807) is 0 Å². The third-order valence-electron chi connectivity index (χ3n) is 3.79. The predicted octanol–water partition coefficient (Wildman–Crippen LogP) is 3.21. The molecule has 2 aromatic carbocycles. The molecule has 0 spiro atoms. The molecule has 0 aromatic heterocycles. The summed E-state index contributed by atoms with van der Waals surface area (Å²) in [4.78, 5) is 0. The summed E-state index contributed by atoms with van der Waals surface area (Å²) >= 11 is 0. The van der Waals surface area contributed by atoms with Gasteiger partial charge in [-0.3, -0.25) is 0 Å². The van der Waals surface area contributed by atoms with Gasteiger partial charge in [-0.15, -0.1) is 0 Å². The van der Waals surface area contributed by atoms with Gasteiger partial charge >= 0.3 is 6.18 Å². The first kappa shape index (κ1) is 19.9. The van der Waals surface area contributed by atoms with Gasteiger partial charge in [0, 0.05) is 11.6 Å². The lowest BCUT2D eigenvalue weighted by Crippen LogP contribution is -2.39. The number of hydrogen-bond acceptors (Lipinski definition) is 5. The predicted molar refractivity (Wildman–Crippen MR) is 89.3 cm³/mol. The lowest BCUT2D eigenvalue weighted by atomic mass is 10.00. The summed E-state index contributed by atoms with van der Waals surface area (Å²) in [5.74, 6) is 0.523. The minimum atomic E-state index is -4.87. The number of ether oxygens (including phenoxy) is 3. The number of aliphatic hydroxyl groups is 1. The smallest absolute Gasteiger partial charge is 0.416 e. The van der Waals surface area contributed by atoms with Crippen molar-refractivity contribution in [2.75, 3.05) is 14.2 Å². The molecule has 0 aliphatic rings. The fraction of sp³-hybridized carbons (Fsp3) is 0.333. The van der Waals surface area contributed by atoms with Crippen LogP contribution in [0.1, 0.15) is 17.2 Å². The Bertz CT molecular complexity index is 722. The standard InChI is InChI=1S/C18H20F3NO4/c1-24-14-8-12(16(22)17(23)18(19,20)21)13(9-15(14)25-2)26-10-11-6-4-3-5-7-11/h3-9,16-17,23H,10,22H2,1-2H3/t16-,17-/m1/s1. The molecule has 8 heteroatoms. The fourth-order valence-electron chi connectivity index (χ4n) is 2.37. The minimum absolute atomic E-state index is 0.0385. The van der Waals surface area contributed by atoms with Gasteiger partial charge in [-0.25, -0.2) is 0 Å². The van der Waals surface area contributed by atoms with Crippen LogP contribution in [-0.2, 0) is 6.61 Å². The van der Waals surface area contributed by atoms with E-state index >= 15 is 0 Å². The Hall–Kier alpha value is -2.45. The Kier molecular flexibility index (Phi) is 6.33. The number of benzene rings is 2. The van der Waals surface area contributed by atoms with Crippen molar-refractivity contribution in [2.45, 2.75) is 24.9 Å². The van der Waals surface area contributed by atoms with Gasteiger partial charge in [0.15, 0.2) is 17.6 Å². The highest BCUT2D eigenvalue weighted by Crippen LogP contribution is 2.40. The fourth-order valence-corrected chi connectivity index (χ4v) is 2.37. The van der Waals surface area contributed by atoms with Gasteiger partial charge in [-0.2, -0.15) is 13.2 Å². The van der Waals surface area contributed by atoms with E-state index in [1.807, 2.05) is 30.3 Å². The van der Waals surface area contributed by atoms with Crippen LogP contribution in [0, 0.1) is 0 Å². The molecule has 5 nitrogen and oxygen atoms in total. The number of rotatable bonds is 7. The quantitative estimate of drug-likeness (QED) is 0.782. The molecule has 0 unspecified atom stereocenters. The van der Waals surface area contributed by atoms with Crippen LogP contribution in [0.15, 0.2) is 42.5 Å². The van der Waals surface area contributed by atoms with E-state index in [2.05, 4.69) is 0 Å². The largest absolute Gasteiger partial charge is 0.493 e. The molecule has 2 aromatic rings. The molecule has 0 saturated carbocycles. The summed E-state index contributed by atoms with van der Waals surface area (Å²) in [5, 5.41) is 9.53. The number of nitrogens with two attached hydrogens (primary N) is 1. The summed E-state index contributed by atoms with van der Waals surface area (Å²) in [6.07, 6.45) is -7.62. The molecular formula is C18H20F3NO4. The third-order valence-corrected chi connectivity index (χ3v) is 3.79. The van der Waals surface area contributed by atoms with Crippen molar-refractivity contribution in [3.63, 3.8) is 0 Å². The van der Waals surface area contributed by atoms with E-state index in [-0.39, 0.29) is 29.4 Å². The maximum Gasteiger partial charge on any atom is 0.416 e. The van der Waals surface area contributed by atoms with Crippen LogP contribution in [0.5, 0.6) is 17.2 Å². The zero-order chi connectivity index (χ0) is 19.3. The van der Waals surface area contributed by atoms with E-state index in [0.717, 1.165) is 5.56 Å². The van der Waals surface area contributed by atoms with Crippen molar-refractivity contribution in [2.24, 2.45) is 5.73 Å². The van der Waals surface area contributed by atoms with E-state index in [0.29, 0.717) is 0 Å². The number of aliphatic hydroxyl groups excluding tert-OH is 1. The second-order valence-corrected chi connectivity index (χ2v) is 5.53. The summed E-state index contributed by atoms with van der Waals surface area (Å²) < 4.78 is 54.5. The molecule has 0 amide bonds. The van der Waals surface area contributed by atoms with Crippen molar-refractivity contribution < 1.29 is 32.5 Å². The lowest BCUT2D eigenvalue weighted by Gasteiger charge is -2.24. The molecule has 0 aliphatic heterocycles. The molecule has 0 aliphatic carbocycles. The average molecular weight is 371 g/mol. The van der Waals surface area contributed by atoms with E-state index in [4.69, 9.17) is 19.9 Å². The first-order chi connectivity index (χ1) is 12.3. The van der Waals surface area contributed by atoms with E-state index in [9.17, 15) is 18.3 Å². The Morgan fingerprint density at radius 3 is 2.12 bits per heavy atom. The average Bonchev–Trinajstić information content (AvgIpc) is 2.64. The van der Waals surface area contributed by atoms with Gasteiger partial charge in [0.05, 0.1) is 20.3 Å². The second kappa shape index (κ2) is 8.29. The topological polar surface area (TPSA) is 73.9 Å². The number of alkyl halides is 3. The molecule has 0 bridgehead atoms. The van der Waals surface area contributed by atoms with Gasteiger partial charge in [-0.1, -0.05) is 30.3 Å². The number of halogens is 3. The van der Waals surface area contributed by atoms with Gasteiger partial charge in [-0.05, 0) is 11.6 Å². The molecule has 2 rings (SSSR count). The Balaban J connectivity index is 2.39. The van der Waals surface area contributed by atoms with Crippen molar-refractivity contribution in [3.8, 4) is 17.2 Å². The van der Waals surface area contributed by atoms with Crippen LogP contribution in [0.4, 0.5) is 13.2 Å². The second-order valence-electron chi connectivity index (χ2n) is 5.53. The highest BCUT2D eigenvalue weighted by molar-refractivity contribution is 5.52. The zero-order valence-electron chi connectivity index (χ0n) is 14.3. The maximum atomic E-state index is 12.9. The number of hydrogen-bond donors (Lipinski definition) is 2. The Labute approximate surface area is 149 Å². The molecular weight excluding hydrogens is 351 g/mol.